The minimum Gasteiger partial charge on any atom is -0.352 e. The Labute approximate surface area is 109 Å². The molecule has 5 heteroatoms. The number of hydrogen-bond donors (Lipinski definition) is 2. The number of rotatable bonds is 5. The average molecular weight is 306 g/mol. The van der Waals surface area contributed by atoms with Gasteiger partial charge in [0.25, 0.3) is 5.91 Å². The molecule has 0 radical (unpaired) electrons. The van der Waals surface area contributed by atoms with Gasteiger partial charge in [0.2, 0.25) is 0 Å². The zero-order chi connectivity index (χ0) is 12.0. The van der Waals surface area contributed by atoms with Gasteiger partial charge in [-0.25, -0.2) is 0 Å². The predicted octanol–water partition coefficient (Wildman–Crippen LogP) is 2.44. The first-order valence-corrected chi connectivity index (χ1v) is 6.20. The van der Waals surface area contributed by atoms with Crippen LogP contribution in [0, 0.1) is 0 Å². The molecule has 0 atom stereocenters. The number of amides is 1. The van der Waals surface area contributed by atoms with Crippen LogP contribution in [0.5, 0.6) is 0 Å². The normalized spacial score (nSPS) is 10.2. The molecular formula is C11H14BrClN2O. The fraction of sp³-hybridized carbons (Fsp3) is 0.364. The fourth-order valence-corrected chi connectivity index (χ4v) is 1.83. The van der Waals surface area contributed by atoms with Crippen LogP contribution in [0.15, 0.2) is 22.7 Å². The lowest BCUT2D eigenvalue weighted by Gasteiger charge is -2.07. The Bertz CT molecular complexity index is 371. The van der Waals surface area contributed by atoms with Crippen LogP contribution in [-0.2, 0) is 0 Å². The summed E-state index contributed by atoms with van der Waals surface area (Å²) in [6, 6.07) is 5.16. The molecule has 0 fully saturated rings. The highest BCUT2D eigenvalue weighted by Crippen LogP contribution is 2.20. The molecule has 2 N–H and O–H groups in total. The third-order valence-electron chi connectivity index (χ3n) is 2.06. The number of carbonyl (C=O) groups excluding carboxylic acids is 1. The van der Waals surface area contributed by atoms with Gasteiger partial charge in [-0.1, -0.05) is 11.6 Å². The van der Waals surface area contributed by atoms with Gasteiger partial charge in [0.05, 0.1) is 5.56 Å². The highest BCUT2D eigenvalue weighted by Gasteiger charge is 2.09. The number of carbonyl (C=O) groups is 1. The van der Waals surface area contributed by atoms with Gasteiger partial charge in [-0.2, -0.15) is 0 Å². The standard InChI is InChI=1S/C11H14BrClN2O/c1-14-5-2-6-15-11(16)9-7-8(13)3-4-10(9)12/h3-4,7,14H,2,5-6H2,1H3,(H,15,16). The van der Waals surface area contributed by atoms with E-state index < -0.39 is 0 Å². The lowest BCUT2D eigenvalue weighted by Crippen LogP contribution is -2.26. The van der Waals surface area contributed by atoms with Gasteiger partial charge in [0.1, 0.15) is 0 Å². The van der Waals surface area contributed by atoms with Gasteiger partial charge in [-0.3, -0.25) is 4.79 Å². The zero-order valence-electron chi connectivity index (χ0n) is 9.02. The number of benzene rings is 1. The second-order valence-electron chi connectivity index (χ2n) is 3.34. The van der Waals surface area contributed by atoms with Crippen LogP contribution in [0.3, 0.4) is 0 Å². The monoisotopic (exact) mass is 304 g/mol. The highest BCUT2D eigenvalue weighted by atomic mass is 79.9. The van der Waals surface area contributed by atoms with Crippen LogP contribution in [0.4, 0.5) is 0 Å². The summed E-state index contributed by atoms with van der Waals surface area (Å²) < 4.78 is 0.753. The van der Waals surface area contributed by atoms with E-state index in [1.165, 1.54) is 0 Å². The predicted molar refractivity (Wildman–Crippen MR) is 70.0 cm³/mol. The van der Waals surface area contributed by atoms with Crippen LogP contribution in [-0.4, -0.2) is 26.0 Å². The summed E-state index contributed by atoms with van der Waals surface area (Å²) in [6.45, 7) is 1.54. The molecule has 16 heavy (non-hydrogen) atoms. The summed E-state index contributed by atoms with van der Waals surface area (Å²) in [5.74, 6) is -0.106. The van der Waals surface area contributed by atoms with Crippen molar-refractivity contribution < 1.29 is 4.79 Å². The van der Waals surface area contributed by atoms with Crippen LogP contribution in [0.1, 0.15) is 16.8 Å². The van der Waals surface area contributed by atoms with Crippen molar-refractivity contribution in [1.82, 2.24) is 10.6 Å². The number of halogens is 2. The van der Waals surface area contributed by atoms with Gasteiger partial charge >= 0.3 is 0 Å². The van der Waals surface area contributed by atoms with Crippen molar-refractivity contribution in [3.63, 3.8) is 0 Å². The van der Waals surface area contributed by atoms with Crippen LogP contribution in [0.2, 0.25) is 5.02 Å². The minimum absolute atomic E-state index is 0.106. The van der Waals surface area contributed by atoms with Crippen molar-refractivity contribution in [2.75, 3.05) is 20.1 Å². The minimum atomic E-state index is -0.106. The zero-order valence-corrected chi connectivity index (χ0v) is 11.4. The molecular weight excluding hydrogens is 291 g/mol. The molecule has 0 aliphatic carbocycles. The van der Waals surface area contributed by atoms with Crippen molar-refractivity contribution in [3.8, 4) is 0 Å². The SMILES string of the molecule is CNCCCNC(=O)c1cc(Cl)ccc1Br. The highest BCUT2D eigenvalue weighted by molar-refractivity contribution is 9.10. The Morgan fingerprint density at radius 3 is 2.88 bits per heavy atom. The summed E-state index contributed by atoms with van der Waals surface area (Å²) in [6.07, 6.45) is 0.903. The largest absolute Gasteiger partial charge is 0.352 e. The Balaban J connectivity index is 2.55. The van der Waals surface area contributed by atoms with Gasteiger partial charge in [0, 0.05) is 16.0 Å². The third kappa shape index (κ3) is 4.12. The van der Waals surface area contributed by atoms with E-state index in [9.17, 15) is 4.79 Å². The molecule has 1 amide bonds. The average Bonchev–Trinajstić information content (AvgIpc) is 2.27. The molecule has 1 aromatic rings. The van der Waals surface area contributed by atoms with E-state index in [2.05, 4.69) is 26.6 Å². The molecule has 0 saturated heterocycles. The lowest BCUT2D eigenvalue weighted by molar-refractivity contribution is 0.0952. The second kappa shape index (κ2) is 6.89. The van der Waals surface area contributed by atoms with E-state index in [-0.39, 0.29) is 5.91 Å². The lowest BCUT2D eigenvalue weighted by atomic mass is 10.2. The second-order valence-corrected chi connectivity index (χ2v) is 4.63. The molecule has 0 aliphatic heterocycles. The molecule has 0 aromatic heterocycles. The molecule has 88 valence electrons. The Morgan fingerprint density at radius 1 is 1.44 bits per heavy atom. The van der Waals surface area contributed by atoms with Crippen molar-refractivity contribution in [2.45, 2.75) is 6.42 Å². The van der Waals surface area contributed by atoms with E-state index >= 15 is 0 Å². The quantitative estimate of drug-likeness (QED) is 0.821. The van der Waals surface area contributed by atoms with E-state index in [1.807, 2.05) is 7.05 Å². The van der Waals surface area contributed by atoms with Gasteiger partial charge in [-0.15, -0.1) is 0 Å². The summed E-state index contributed by atoms with van der Waals surface area (Å²) in [5.41, 5.74) is 0.567. The first-order valence-electron chi connectivity index (χ1n) is 5.03. The fourth-order valence-electron chi connectivity index (χ4n) is 1.23. The number of nitrogens with one attached hydrogen (secondary N) is 2. The van der Waals surface area contributed by atoms with E-state index in [0.29, 0.717) is 17.1 Å². The Morgan fingerprint density at radius 2 is 2.19 bits per heavy atom. The topological polar surface area (TPSA) is 41.1 Å². The molecule has 3 nitrogen and oxygen atoms in total. The van der Waals surface area contributed by atoms with Gasteiger partial charge < -0.3 is 10.6 Å². The first kappa shape index (κ1) is 13.5. The van der Waals surface area contributed by atoms with E-state index in [1.54, 1.807) is 18.2 Å². The van der Waals surface area contributed by atoms with Gasteiger partial charge in [0.15, 0.2) is 0 Å². The summed E-state index contributed by atoms with van der Waals surface area (Å²) in [5, 5.41) is 6.41. The molecule has 0 unspecified atom stereocenters. The molecule has 1 aromatic carbocycles. The maximum atomic E-state index is 11.8. The molecule has 1 rings (SSSR count). The maximum absolute atomic E-state index is 11.8. The Kier molecular flexibility index (Phi) is 5.80. The van der Waals surface area contributed by atoms with Crippen molar-refractivity contribution in [1.29, 1.82) is 0 Å². The van der Waals surface area contributed by atoms with Crippen LogP contribution < -0.4 is 10.6 Å². The summed E-state index contributed by atoms with van der Waals surface area (Å²) >= 11 is 9.16. The first-order chi connectivity index (χ1) is 7.65. The van der Waals surface area contributed by atoms with Crippen molar-refractivity contribution >= 4 is 33.4 Å². The van der Waals surface area contributed by atoms with Crippen molar-refractivity contribution in [3.05, 3.63) is 33.3 Å². The molecule has 0 heterocycles. The molecule has 0 saturated carbocycles. The number of hydrogen-bond acceptors (Lipinski definition) is 2. The Hall–Kier alpha value is -0.580. The molecule has 0 aliphatic rings. The smallest absolute Gasteiger partial charge is 0.252 e. The van der Waals surface area contributed by atoms with Crippen LogP contribution >= 0.6 is 27.5 Å². The summed E-state index contributed by atoms with van der Waals surface area (Å²) in [7, 11) is 1.88. The van der Waals surface area contributed by atoms with Crippen molar-refractivity contribution in [2.24, 2.45) is 0 Å². The molecule has 0 bridgehead atoms. The third-order valence-corrected chi connectivity index (χ3v) is 2.99. The summed E-state index contributed by atoms with van der Waals surface area (Å²) in [4.78, 5) is 11.8. The van der Waals surface area contributed by atoms with Gasteiger partial charge in [-0.05, 0) is 54.1 Å². The maximum Gasteiger partial charge on any atom is 0.252 e. The molecule has 0 spiro atoms. The van der Waals surface area contributed by atoms with E-state index in [0.717, 1.165) is 17.4 Å². The van der Waals surface area contributed by atoms with E-state index in [4.69, 9.17) is 11.6 Å². The van der Waals surface area contributed by atoms with Crippen LogP contribution in [0.25, 0.3) is 0 Å².